The van der Waals surface area contributed by atoms with Gasteiger partial charge < -0.3 is 10.2 Å². The van der Waals surface area contributed by atoms with Crippen molar-refractivity contribution < 1.29 is 0 Å². The summed E-state index contributed by atoms with van der Waals surface area (Å²) in [5.41, 5.74) is 7.90. The van der Waals surface area contributed by atoms with Crippen molar-refractivity contribution in [1.29, 1.82) is 0 Å². The number of fused-ring (bicyclic) bond motifs is 1. The van der Waals surface area contributed by atoms with Crippen molar-refractivity contribution in [1.82, 2.24) is 24.7 Å². The Morgan fingerprint density at radius 2 is 1.84 bits per heavy atom. The molecule has 1 N–H and O–H groups in total. The number of pyridine rings is 1. The van der Waals surface area contributed by atoms with Crippen LogP contribution >= 0.6 is 0 Å². The molecule has 6 nitrogen and oxygen atoms in total. The lowest BCUT2D eigenvalue weighted by molar-refractivity contribution is 0.583. The third-order valence-electron chi connectivity index (χ3n) is 6.00. The molecule has 4 heterocycles. The smallest absolute Gasteiger partial charge is 0.160 e. The Kier molecular flexibility index (Phi) is 5.38. The van der Waals surface area contributed by atoms with Crippen molar-refractivity contribution in [3.8, 4) is 11.3 Å². The van der Waals surface area contributed by atoms with E-state index in [9.17, 15) is 0 Å². The van der Waals surface area contributed by atoms with Crippen LogP contribution in [0.15, 0.2) is 55.1 Å². The van der Waals surface area contributed by atoms with Crippen LogP contribution in [0.5, 0.6) is 0 Å². The predicted octanol–water partition coefficient (Wildman–Crippen LogP) is 3.60. The fourth-order valence-electron chi connectivity index (χ4n) is 4.39. The first-order chi connectivity index (χ1) is 15.2. The maximum absolute atomic E-state index is 4.78. The van der Waals surface area contributed by atoms with Gasteiger partial charge in [-0.25, -0.2) is 4.98 Å². The second-order valence-electron chi connectivity index (χ2n) is 8.30. The van der Waals surface area contributed by atoms with E-state index in [-0.39, 0.29) is 0 Å². The van der Waals surface area contributed by atoms with E-state index in [4.69, 9.17) is 9.97 Å². The fourth-order valence-corrected chi connectivity index (χ4v) is 4.39. The van der Waals surface area contributed by atoms with Crippen LogP contribution in [0.2, 0.25) is 0 Å². The molecule has 1 aromatic carbocycles. The molecule has 4 aromatic rings. The van der Waals surface area contributed by atoms with Gasteiger partial charge in [-0.2, -0.15) is 0 Å². The quantitative estimate of drug-likeness (QED) is 0.543. The standard InChI is InChI=1S/C25H28N6/c1-18-4-3-5-21(14-18)24-19(2)15-20(16-28-24)6-7-22-25-29-17-23(31(25)13-10-27-22)30-11-8-26-9-12-30/h3-5,10,13-17,26H,6-9,11-12H2,1-2H3. The number of hydrogen-bond acceptors (Lipinski definition) is 5. The Morgan fingerprint density at radius 1 is 0.968 bits per heavy atom. The average Bonchev–Trinajstić information content (AvgIpc) is 3.23. The largest absolute Gasteiger partial charge is 0.354 e. The molecule has 0 amide bonds. The van der Waals surface area contributed by atoms with E-state index in [1.165, 1.54) is 22.3 Å². The van der Waals surface area contributed by atoms with E-state index >= 15 is 0 Å². The van der Waals surface area contributed by atoms with Crippen LogP contribution in [0.1, 0.15) is 22.4 Å². The van der Waals surface area contributed by atoms with E-state index in [1.807, 2.05) is 24.8 Å². The van der Waals surface area contributed by atoms with Crippen LogP contribution in [-0.2, 0) is 12.8 Å². The predicted molar refractivity (Wildman–Crippen MR) is 125 cm³/mol. The van der Waals surface area contributed by atoms with Crippen molar-refractivity contribution in [2.75, 3.05) is 31.1 Å². The summed E-state index contributed by atoms with van der Waals surface area (Å²) in [6, 6.07) is 10.8. The molecular formula is C25H28N6. The van der Waals surface area contributed by atoms with Crippen LogP contribution in [0, 0.1) is 13.8 Å². The highest BCUT2D eigenvalue weighted by Crippen LogP contribution is 2.24. The van der Waals surface area contributed by atoms with Gasteiger partial charge in [0.05, 0.1) is 17.6 Å². The molecule has 0 saturated carbocycles. The van der Waals surface area contributed by atoms with Crippen molar-refractivity contribution >= 4 is 11.5 Å². The molecule has 0 atom stereocenters. The molecule has 1 aliphatic heterocycles. The highest BCUT2D eigenvalue weighted by molar-refractivity contribution is 5.63. The summed E-state index contributed by atoms with van der Waals surface area (Å²) < 4.78 is 2.18. The third-order valence-corrected chi connectivity index (χ3v) is 6.00. The number of rotatable bonds is 5. The molecular weight excluding hydrogens is 384 g/mol. The number of anilines is 1. The number of nitrogens with one attached hydrogen (secondary N) is 1. The Balaban J connectivity index is 1.35. The van der Waals surface area contributed by atoms with Gasteiger partial charge in [-0.1, -0.05) is 29.8 Å². The molecule has 1 saturated heterocycles. The first-order valence-corrected chi connectivity index (χ1v) is 11.0. The molecule has 158 valence electrons. The summed E-state index contributed by atoms with van der Waals surface area (Å²) in [4.78, 5) is 16.5. The van der Waals surface area contributed by atoms with Gasteiger partial charge in [0.2, 0.25) is 0 Å². The van der Waals surface area contributed by atoms with Crippen molar-refractivity contribution in [3.05, 3.63) is 77.5 Å². The minimum absolute atomic E-state index is 0.841. The number of imidazole rings is 1. The van der Waals surface area contributed by atoms with Crippen LogP contribution in [0.4, 0.5) is 5.82 Å². The van der Waals surface area contributed by atoms with E-state index in [0.717, 1.165) is 61.9 Å². The van der Waals surface area contributed by atoms with Crippen molar-refractivity contribution in [2.24, 2.45) is 0 Å². The maximum atomic E-state index is 4.78. The van der Waals surface area contributed by atoms with Gasteiger partial charge in [-0.05, 0) is 43.9 Å². The molecule has 5 rings (SSSR count). The lowest BCUT2D eigenvalue weighted by Gasteiger charge is -2.28. The molecule has 0 bridgehead atoms. The first-order valence-electron chi connectivity index (χ1n) is 11.0. The van der Waals surface area contributed by atoms with Crippen LogP contribution in [0.25, 0.3) is 16.9 Å². The molecule has 3 aromatic heterocycles. The zero-order valence-electron chi connectivity index (χ0n) is 18.2. The lowest BCUT2D eigenvalue weighted by Crippen LogP contribution is -2.44. The highest BCUT2D eigenvalue weighted by Gasteiger charge is 2.16. The summed E-state index contributed by atoms with van der Waals surface area (Å²) >= 11 is 0. The Bertz CT molecular complexity index is 1210. The van der Waals surface area contributed by atoms with Gasteiger partial charge in [0, 0.05) is 50.3 Å². The van der Waals surface area contributed by atoms with Gasteiger partial charge in [0.25, 0.3) is 0 Å². The monoisotopic (exact) mass is 412 g/mol. The summed E-state index contributed by atoms with van der Waals surface area (Å²) in [6.07, 6.45) is 9.62. The van der Waals surface area contributed by atoms with Gasteiger partial charge in [-0.3, -0.25) is 14.4 Å². The Morgan fingerprint density at radius 3 is 2.65 bits per heavy atom. The second-order valence-corrected chi connectivity index (χ2v) is 8.30. The van der Waals surface area contributed by atoms with Gasteiger partial charge >= 0.3 is 0 Å². The molecule has 0 aliphatic carbocycles. The summed E-state index contributed by atoms with van der Waals surface area (Å²) in [5.74, 6) is 1.15. The molecule has 0 spiro atoms. The normalized spacial score (nSPS) is 14.3. The van der Waals surface area contributed by atoms with Crippen LogP contribution in [0.3, 0.4) is 0 Å². The van der Waals surface area contributed by atoms with Crippen molar-refractivity contribution in [3.63, 3.8) is 0 Å². The Hall–Kier alpha value is -3.25. The number of benzene rings is 1. The third kappa shape index (κ3) is 4.03. The average molecular weight is 413 g/mol. The van der Waals surface area contributed by atoms with E-state index in [0.29, 0.717) is 0 Å². The molecule has 0 radical (unpaired) electrons. The van der Waals surface area contributed by atoms with Crippen molar-refractivity contribution in [2.45, 2.75) is 26.7 Å². The van der Waals surface area contributed by atoms with E-state index < -0.39 is 0 Å². The molecule has 6 heteroatoms. The number of nitrogens with zero attached hydrogens (tertiary/aromatic N) is 5. The van der Waals surface area contributed by atoms with Gasteiger partial charge in [-0.15, -0.1) is 0 Å². The SMILES string of the molecule is Cc1cccc(-c2ncc(CCc3nccn4c(N5CCNCC5)cnc34)cc2C)c1. The minimum atomic E-state index is 0.841. The van der Waals surface area contributed by atoms with E-state index in [2.05, 4.69) is 63.8 Å². The zero-order valence-corrected chi connectivity index (χ0v) is 18.2. The lowest BCUT2D eigenvalue weighted by atomic mass is 10.0. The molecule has 0 unspecified atom stereocenters. The minimum Gasteiger partial charge on any atom is -0.354 e. The van der Waals surface area contributed by atoms with Gasteiger partial charge in [0.1, 0.15) is 5.82 Å². The zero-order chi connectivity index (χ0) is 21.2. The number of aromatic nitrogens is 4. The summed E-state index contributed by atoms with van der Waals surface area (Å²) in [7, 11) is 0. The molecule has 31 heavy (non-hydrogen) atoms. The molecule has 1 fully saturated rings. The number of hydrogen-bond donors (Lipinski definition) is 1. The first kappa shape index (κ1) is 19.7. The highest BCUT2D eigenvalue weighted by atomic mass is 15.3. The Labute approximate surface area is 183 Å². The number of aryl methyl sites for hydroxylation is 4. The molecule has 1 aliphatic rings. The van der Waals surface area contributed by atoms with Crippen LogP contribution in [-0.4, -0.2) is 45.5 Å². The van der Waals surface area contributed by atoms with Gasteiger partial charge in [0.15, 0.2) is 5.65 Å². The van der Waals surface area contributed by atoms with E-state index in [1.54, 1.807) is 0 Å². The fraction of sp³-hybridized carbons (Fsp3) is 0.320. The van der Waals surface area contributed by atoms with Crippen LogP contribution < -0.4 is 10.2 Å². The second kappa shape index (κ2) is 8.47. The topological polar surface area (TPSA) is 58.4 Å². The maximum Gasteiger partial charge on any atom is 0.160 e. The number of piperazine rings is 1. The summed E-state index contributed by atoms with van der Waals surface area (Å²) in [5, 5.41) is 3.41. The summed E-state index contributed by atoms with van der Waals surface area (Å²) in [6.45, 7) is 8.28.